The van der Waals surface area contributed by atoms with Gasteiger partial charge in [0.15, 0.2) is 0 Å². The Balaban J connectivity index is 2.25. The normalized spacial score (nSPS) is 13.1. The van der Waals surface area contributed by atoms with Crippen molar-refractivity contribution in [2.45, 2.75) is 31.6 Å². The molecule has 0 aliphatic carbocycles. The minimum Gasteiger partial charge on any atom is -0.325 e. The third kappa shape index (κ3) is 6.81. The van der Waals surface area contributed by atoms with E-state index >= 15 is 0 Å². The van der Waals surface area contributed by atoms with Crippen LogP contribution in [0, 0.1) is 5.92 Å². The number of nitrogens with one attached hydrogen (secondary N) is 2. The van der Waals surface area contributed by atoms with Crippen LogP contribution in [0.5, 0.6) is 0 Å². The van der Waals surface area contributed by atoms with Crippen molar-refractivity contribution in [3.8, 4) is 0 Å². The molecule has 0 saturated heterocycles. The van der Waals surface area contributed by atoms with Crippen LogP contribution >= 0.6 is 0 Å². The second kappa shape index (κ2) is 9.54. The van der Waals surface area contributed by atoms with Crippen molar-refractivity contribution in [3.05, 3.63) is 58.7 Å². The number of alkyl halides is 12. The monoisotopic (exact) mass is 540 g/mol. The van der Waals surface area contributed by atoms with Crippen molar-refractivity contribution in [3.63, 3.8) is 0 Å². The molecule has 0 spiro atoms. The van der Waals surface area contributed by atoms with E-state index in [1.165, 1.54) is 0 Å². The molecule has 2 aromatic carbocycles. The molecular weight excluding hydrogens is 528 g/mol. The van der Waals surface area contributed by atoms with E-state index in [4.69, 9.17) is 0 Å². The maximum atomic E-state index is 13.0. The summed E-state index contributed by atoms with van der Waals surface area (Å²) >= 11 is 0. The Morgan fingerprint density at radius 1 is 0.556 bits per heavy atom. The summed E-state index contributed by atoms with van der Waals surface area (Å²) in [5.74, 6) is -4.59. The zero-order valence-electron chi connectivity index (χ0n) is 17.4. The first kappa shape index (κ1) is 28.8. The molecule has 2 N–H and O–H groups in total. The molecule has 0 atom stereocenters. The average molecular weight is 540 g/mol. The number of anilines is 2. The van der Waals surface area contributed by atoms with Crippen molar-refractivity contribution in [2.24, 2.45) is 5.92 Å². The topological polar surface area (TPSA) is 58.2 Å². The van der Waals surface area contributed by atoms with Crippen LogP contribution in [0.25, 0.3) is 0 Å². The maximum absolute atomic E-state index is 13.0. The highest BCUT2D eigenvalue weighted by Crippen LogP contribution is 2.42. The Labute approximate surface area is 193 Å². The largest absolute Gasteiger partial charge is 0.417 e. The van der Waals surface area contributed by atoms with Gasteiger partial charge in [-0.15, -0.1) is 0 Å². The van der Waals surface area contributed by atoms with E-state index in [0.717, 1.165) is 6.92 Å². The summed E-state index contributed by atoms with van der Waals surface area (Å²) in [4.78, 5) is 24.4. The van der Waals surface area contributed by atoms with E-state index in [9.17, 15) is 62.3 Å². The molecule has 2 amide bonds. The molecule has 0 aromatic heterocycles. The average Bonchev–Trinajstić information content (AvgIpc) is 2.70. The highest BCUT2D eigenvalue weighted by atomic mass is 19.4. The molecule has 0 aliphatic heterocycles. The van der Waals surface area contributed by atoms with Crippen LogP contribution in [0.15, 0.2) is 36.4 Å². The number of carbonyl (C=O) groups excluding carboxylic acids is 2. The van der Waals surface area contributed by atoms with Gasteiger partial charge in [-0.3, -0.25) is 9.59 Å². The van der Waals surface area contributed by atoms with Gasteiger partial charge >= 0.3 is 24.7 Å². The van der Waals surface area contributed by atoms with Gasteiger partial charge in [0.25, 0.3) is 0 Å². The van der Waals surface area contributed by atoms with Gasteiger partial charge < -0.3 is 10.6 Å². The summed E-state index contributed by atoms with van der Waals surface area (Å²) < 4.78 is 155. The molecule has 0 radical (unpaired) electrons. The first-order valence-corrected chi connectivity index (χ1v) is 9.31. The molecule has 0 fully saturated rings. The molecule has 2 rings (SSSR count). The molecule has 36 heavy (non-hydrogen) atoms. The fourth-order valence-electron chi connectivity index (χ4n) is 2.83. The quantitative estimate of drug-likeness (QED) is 0.325. The van der Waals surface area contributed by atoms with Crippen molar-refractivity contribution >= 4 is 23.2 Å². The lowest BCUT2D eigenvalue weighted by Crippen LogP contribution is -2.32. The van der Waals surface area contributed by atoms with Gasteiger partial charge in [0.2, 0.25) is 11.8 Å². The molecule has 16 heteroatoms. The molecule has 0 saturated carbocycles. The predicted octanol–water partition coefficient (Wildman–Crippen LogP) is 6.98. The Bertz CT molecular complexity index is 1060. The molecular formula is C20H12F12N2O2. The Kier molecular flexibility index (Phi) is 7.62. The molecule has 2 aromatic rings. The summed E-state index contributed by atoms with van der Waals surface area (Å²) in [5.41, 5.74) is -9.91. The van der Waals surface area contributed by atoms with Crippen molar-refractivity contribution in [1.82, 2.24) is 0 Å². The number of carbonyl (C=O) groups is 2. The molecule has 198 valence electrons. The lowest BCUT2D eigenvalue weighted by Gasteiger charge is -2.19. The second-order valence-corrected chi connectivity index (χ2v) is 7.21. The van der Waals surface area contributed by atoms with Crippen molar-refractivity contribution < 1.29 is 62.3 Å². The first-order chi connectivity index (χ1) is 16.1. The van der Waals surface area contributed by atoms with E-state index in [0.29, 0.717) is 12.1 Å². The van der Waals surface area contributed by atoms with Crippen LogP contribution in [-0.4, -0.2) is 11.8 Å². The zero-order chi connectivity index (χ0) is 27.9. The minimum atomic E-state index is -5.46. The number of hydrogen-bond donors (Lipinski definition) is 2. The van der Waals surface area contributed by atoms with Crippen LogP contribution in [0.3, 0.4) is 0 Å². The van der Waals surface area contributed by atoms with Crippen LogP contribution in [0.1, 0.15) is 29.2 Å². The summed E-state index contributed by atoms with van der Waals surface area (Å²) in [7, 11) is 0. The fraction of sp³-hybridized carbons (Fsp3) is 0.300. The Hall–Kier alpha value is -3.46. The van der Waals surface area contributed by atoms with Gasteiger partial charge in [-0.1, -0.05) is 0 Å². The number of halogens is 12. The summed E-state index contributed by atoms with van der Waals surface area (Å²) in [6.45, 7) is 0.841. The summed E-state index contributed by atoms with van der Waals surface area (Å²) in [5, 5.41) is 3.54. The second-order valence-electron chi connectivity index (χ2n) is 7.21. The zero-order valence-corrected chi connectivity index (χ0v) is 17.4. The van der Waals surface area contributed by atoms with Crippen LogP contribution in [-0.2, 0) is 34.3 Å². The first-order valence-electron chi connectivity index (χ1n) is 9.31. The predicted molar refractivity (Wildman–Crippen MR) is 99.3 cm³/mol. The smallest absolute Gasteiger partial charge is 0.325 e. The van der Waals surface area contributed by atoms with E-state index in [-0.39, 0.29) is 24.3 Å². The van der Waals surface area contributed by atoms with Gasteiger partial charge in [0, 0.05) is 11.4 Å². The molecule has 0 aliphatic rings. The Morgan fingerprint density at radius 3 is 1.08 bits per heavy atom. The van der Waals surface area contributed by atoms with Gasteiger partial charge in [-0.2, -0.15) is 52.7 Å². The van der Waals surface area contributed by atoms with E-state index in [1.54, 1.807) is 10.6 Å². The van der Waals surface area contributed by atoms with Gasteiger partial charge in [0.1, 0.15) is 5.92 Å². The van der Waals surface area contributed by atoms with Crippen molar-refractivity contribution in [1.29, 1.82) is 0 Å². The third-order valence-electron chi connectivity index (χ3n) is 4.58. The third-order valence-corrected chi connectivity index (χ3v) is 4.58. The van der Waals surface area contributed by atoms with E-state index in [2.05, 4.69) is 0 Å². The standard InChI is InChI=1S/C20H12F12N2O2/c1-8(15(35)33-9-2-4-11(17(21,22)23)13(6-9)19(27,28)29)16(36)34-10-3-5-12(18(24,25)26)14(7-10)20(30,31)32/h2-8H,1H3,(H,33,35)(H,34,36). The van der Waals surface area contributed by atoms with Crippen LogP contribution in [0.2, 0.25) is 0 Å². The number of hydrogen-bond acceptors (Lipinski definition) is 2. The number of benzene rings is 2. The highest BCUT2D eigenvalue weighted by molar-refractivity contribution is 6.10. The lowest BCUT2D eigenvalue weighted by molar-refractivity contribution is -0.162. The summed E-state index contributed by atoms with van der Waals surface area (Å²) in [6.07, 6.45) is -21.7. The van der Waals surface area contributed by atoms with Gasteiger partial charge in [-0.05, 0) is 43.3 Å². The van der Waals surface area contributed by atoms with E-state index < -0.39 is 76.1 Å². The fourth-order valence-corrected chi connectivity index (χ4v) is 2.83. The van der Waals surface area contributed by atoms with E-state index in [1.807, 2.05) is 0 Å². The molecule has 0 unspecified atom stereocenters. The number of amides is 2. The SMILES string of the molecule is CC(C(=O)Nc1ccc(C(F)(F)F)c(C(F)(F)F)c1)C(=O)Nc1ccc(C(F)(F)F)c(C(F)(F)F)c1. The minimum absolute atomic E-state index is 0.0309. The van der Waals surface area contributed by atoms with Crippen molar-refractivity contribution in [2.75, 3.05) is 10.6 Å². The highest BCUT2D eigenvalue weighted by Gasteiger charge is 2.44. The van der Waals surface area contributed by atoms with Crippen LogP contribution in [0.4, 0.5) is 64.1 Å². The van der Waals surface area contributed by atoms with Gasteiger partial charge in [-0.25, -0.2) is 0 Å². The number of rotatable bonds is 4. The molecule has 0 bridgehead atoms. The maximum Gasteiger partial charge on any atom is 0.417 e. The summed E-state index contributed by atoms with van der Waals surface area (Å²) in [6, 6.07) is 0.986. The van der Waals surface area contributed by atoms with Crippen LogP contribution < -0.4 is 10.6 Å². The Morgan fingerprint density at radius 2 is 0.833 bits per heavy atom. The molecule has 0 heterocycles. The molecule has 4 nitrogen and oxygen atoms in total. The lowest BCUT2D eigenvalue weighted by atomic mass is 10.0. The van der Waals surface area contributed by atoms with Gasteiger partial charge in [0.05, 0.1) is 22.3 Å².